The van der Waals surface area contributed by atoms with Gasteiger partial charge in [0.25, 0.3) is 0 Å². The number of nitrogens with zero attached hydrogens (tertiary/aromatic N) is 1. The van der Waals surface area contributed by atoms with Crippen LogP contribution >= 0.6 is 0 Å². The van der Waals surface area contributed by atoms with E-state index in [-0.39, 0.29) is 5.97 Å². The van der Waals surface area contributed by atoms with Crippen LogP contribution in [0.1, 0.15) is 92.2 Å². The van der Waals surface area contributed by atoms with Crippen LogP contribution < -0.4 is 0 Å². The number of fused-ring (bicyclic) bond motifs is 14. The summed E-state index contributed by atoms with van der Waals surface area (Å²) in [6.07, 6.45) is 18.1. The van der Waals surface area contributed by atoms with E-state index in [0.717, 1.165) is 25.0 Å². The zero-order chi connectivity index (χ0) is 16.3. The predicted molar refractivity (Wildman–Crippen MR) is 93.8 cm³/mol. The summed E-state index contributed by atoms with van der Waals surface area (Å²) in [7, 11) is 1.45. The molecule has 0 unspecified atom stereocenters. The van der Waals surface area contributed by atoms with Crippen LogP contribution in [0.5, 0.6) is 0 Å². The molecule has 3 heteroatoms. The van der Waals surface area contributed by atoms with Gasteiger partial charge >= 0.3 is 5.97 Å². The maximum atomic E-state index is 12.0. The standard InChI is InChI=1S/C20H31NO2/c1-23-20(22)18-15-17-13-11-9-7-5-3-2-4-6-8-10-12-14-19(18)21-16-17/h15-16H,2-14H2,1H3. The minimum atomic E-state index is -0.243. The Morgan fingerprint density at radius 3 is 1.96 bits per heavy atom. The SMILES string of the molecule is COC(=O)c1cc2cnc1CCCCCCCCCCCCC2. The Labute approximate surface area is 140 Å². The highest BCUT2D eigenvalue weighted by Crippen LogP contribution is 2.18. The van der Waals surface area contributed by atoms with Gasteiger partial charge < -0.3 is 4.74 Å². The van der Waals surface area contributed by atoms with E-state index in [9.17, 15) is 4.79 Å². The summed E-state index contributed by atoms with van der Waals surface area (Å²) < 4.78 is 4.95. The molecule has 1 aromatic rings. The molecule has 0 saturated heterocycles. The minimum absolute atomic E-state index is 0.243. The molecule has 2 aliphatic rings. The van der Waals surface area contributed by atoms with Crippen molar-refractivity contribution in [1.29, 1.82) is 0 Å². The van der Waals surface area contributed by atoms with E-state index < -0.39 is 0 Å². The first-order chi connectivity index (χ1) is 11.3. The Bertz CT molecular complexity index is 485. The number of hydrogen-bond donors (Lipinski definition) is 0. The number of carbonyl (C=O) groups is 1. The third kappa shape index (κ3) is 6.32. The molecule has 0 radical (unpaired) electrons. The molecule has 128 valence electrons. The van der Waals surface area contributed by atoms with Crippen LogP contribution in [0.2, 0.25) is 0 Å². The van der Waals surface area contributed by atoms with Gasteiger partial charge in [-0.15, -0.1) is 0 Å². The van der Waals surface area contributed by atoms with E-state index >= 15 is 0 Å². The summed E-state index contributed by atoms with van der Waals surface area (Å²) in [5.74, 6) is -0.243. The number of hydrogen-bond acceptors (Lipinski definition) is 3. The summed E-state index contributed by atoms with van der Waals surface area (Å²) in [6, 6.07) is 2.01. The third-order valence-corrected chi connectivity index (χ3v) is 4.81. The van der Waals surface area contributed by atoms with E-state index in [4.69, 9.17) is 4.74 Å². The lowest BCUT2D eigenvalue weighted by Gasteiger charge is -2.09. The molecule has 0 spiro atoms. The van der Waals surface area contributed by atoms with E-state index in [2.05, 4.69) is 4.98 Å². The molecular weight excluding hydrogens is 286 g/mol. The molecule has 0 saturated carbocycles. The second kappa shape index (κ2) is 10.4. The van der Waals surface area contributed by atoms with Gasteiger partial charge in [0.15, 0.2) is 0 Å². The number of carbonyl (C=O) groups excluding carboxylic acids is 1. The number of ether oxygens (including phenoxy) is 1. The fourth-order valence-corrected chi connectivity index (χ4v) is 3.37. The molecule has 1 aliphatic heterocycles. The highest BCUT2D eigenvalue weighted by Gasteiger charge is 2.14. The molecule has 0 fully saturated rings. The van der Waals surface area contributed by atoms with Crippen molar-refractivity contribution in [3.05, 3.63) is 29.1 Å². The van der Waals surface area contributed by atoms with Crippen molar-refractivity contribution >= 4 is 5.97 Å². The lowest BCUT2D eigenvalue weighted by Crippen LogP contribution is -2.09. The van der Waals surface area contributed by atoms with E-state index in [1.807, 2.05) is 12.3 Å². The number of methoxy groups -OCH3 is 1. The lowest BCUT2D eigenvalue weighted by molar-refractivity contribution is 0.0598. The monoisotopic (exact) mass is 317 g/mol. The smallest absolute Gasteiger partial charge is 0.339 e. The van der Waals surface area contributed by atoms with Gasteiger partial charge in [0.1, 0.15) is 0 Å². The van der Waals surface area contributed by atoms with Gasteiger partial charge in [-0.3, -0.25) is 4.98 Å². The highest BCUT2D eigenvalue weighted by molar-refractivity contribution is 5.90. The molecule has 0 amide bonds. The van der Waals surface area contributed by atoms with Gasteiger partial charge in [-0.1, -0.05) is 57.8 Å². The average Bonchev–Trinajstić information content (AvgIpc) is 2.58. The Morgan fingerprint density at radius 1 is 0.870 bits per heavy atom. The first-order valence-electron chi connectivity index (χ1n) is 9.37. The molecule has 1 aromatic heterocycles. The van der Waals surface area contributed by atoms with E-state index in [1.54, 1.807) is 0 Å². The first kappa shape index (κ1) is 18.0. The van der Waals surface area contributed by atoms with Gasteiger partial charge in [-0.2, -0.15) is 0 Å². The van der Waals surface area contributed by atoms with Crippen LogP contribution in [0.3, 0.4) is 0 Å². The Balaban J connectivity index is 2.05. The fourth-order valence-electron chi connectivity index (χ4n) is 3.37. The van der Waals surface area contributed by atoms with Gasteiger partial charge in [0, 0.05) is 6.20 Å². The predicted octanol–water partition coefficient (Wildman–Crippen LogP) is 5.26. The summed E-state index contributed by atoms with van der Waals surface area (Å²) in [4.78, 5) is 16.6. The molecule has 1 aliphatic carbocycles. The maximum Gasteiger partial charge on any atom is 0.339 e. The van der Waals surface area contributed by atoms with Gasteiger partial charge in [0.2, 0.25) is 0 Å². The summed E-state index contributed by atoms with van der Waals surface area (Å²) in [6.45, 7) is 0. The summed E-state index contributed by atoms with van der Waals surface area (Å²) in [5, 5.41) is 0. The molecular formula is C20H31NO2. The highest BCUT2D eigenvalue weighted by atomic mass is 16.5. The third-order valence-electron chi connectivity index (χ3n) is 4.81. The molecule has 0 aromatic carbocycles. The quantitative estimate of drug-likeness (QED) is 0.663. The van der Waals surface area contributed by atoms with Crippen molar-refractivity contribution in [1.82, 2.24) is 4.98 Å². The number of esters is 1. The fraction of sp³-hybridized carbons (Fsp3) is 0.700. The van der Waals surface area contributed by atoms with Crippen LogP contribution in [-0.4, -0.2) is 18.1 Å². The van der Waals surface area contributed by atoms with E-state index in [0.29, 0.717) is 5.56 Å². The Hall–Kier alpha value is -1.38. The van der Waals surface area contributed by atoms with Gasteiger partial charge in [-0.05, 0) is 37.3 Å². The van der Waals surface area contributed by atoms with Crippen molar-refractivity contribution in [2.24, 2.45) is 0 Å². The molecule has 3 nitrogen and oxygen atoms in total. The van der Waals surface area contributed by atoms with E-state index in [1.165, 1.54) is 76.9 Å². The number of aromatic nitrogens is 1. The zero-order valence-corrected chi connectivity index (χ0v) is 14.6. The molecule has 3 rings (SSSR count). The number of rotatable bonds is 1. The second-order valence-electron chi connectivity index (χ2n) is 6.72. The largest absolute Gasteiger partial charge is 0.465 e. The Kier molecular flexibility index (Phi) is 8.13. The normalized spacial score (nSPS) is 18.3. The number of pyridine rings is 1. The lowest BCUT2D eigenvalue weighted by atomic mass is 10.0. The van der Waals surface area contributed by atoms with Crippen molar-refractivity contribution in [3.63, 3.8) is 0 Å². The van der Waals surface area contributed by atoms with Crippen LogP contribution in [0.25, 0.3) is 0 Å². The first-order valence-corrected chi connectivity index (χ1v) is 9.37. The minimum Gasteiger partial charge on any atom is -0.465 e. The summed E-state index contributed by atoms with van der Waals surface area (Å²) in [5.41, 5.74) is 2.75. The molecule has 0 atom stereocenters. The van der Waals surface area contributed by atoms with Crippen LogP contribution in [0.4, 0.5) is 0 Å². The van der Waals surface area contributed by atoms with Crippen LogP contribution in [0, 0.1) is 0 Å². The van der Waals surface area contributed by atoms with Crippen LogP contribution in [0.15, 0.2) is 12.3 Å². The van der Waals surface area contributed by atoms with Crippen molar-refractivity contribution in [2.45, 2.75) is 83.5 Å². The topological polar surface area (TPSA) is 39.2 Å². The molecule has 0 N–H and O–H groups in total. The number of aryl methyl sites for hydroxylation is 2. The van der Waals surface area contributed by atoms with Crippen LogP contribution in [-0.2, 0) is 17.6 Å². The van der Waals surface area contributed by atoms with Crippen molar-refractivity contribution in [3.8, 4) is 0 Å². The van der Waals surface area contributed by atoms with Crippen molar-refractivity contribution in [2.75, 3.05) is 7.11 Å². The Morgan fingerprint density at radius 2 is 1.39 bits per heavy atom. The molecule has 23 heavy (non-hydrogen) atoms. The average molecular weight is 317 g/mol. The molecule has 2 bridgehead atoms. The van der Waals surface area contributed by atoms with Gasteiger partial charge in [0.05, 0.1) is 18.4 Å². The van der Waals surface area contributed by atoms with Crippen molar-refractivity contribution < 1.29 is 9.53 Å². The maximum absolute atomic E-state index is 12.0. The second-order valence-corrected chi connectivity index (χ2v) is 6.72. The zero-order valence-electron chi connectivity index (χ0n) is 14.6. The molecule has 2 heterocycles. The van der Waals surface area contributed by atoms with Gasteiger partial charge in [-0.25, -0.2) is 4.79 Å². The summed E-state index contributed by atoms with van der Waals surface area (Å²) >= 11 is 0.